The molecule has 6 heteroatoms. The molecule has 1 heterocycles. The highest BCUT2D eigenvalue weighted by molar-refractivity contribution is 6.06. The Labute approximate surface area is 157 Å². The molecule has 3 aromatic rings. The predicted molar refractivity (Wildman–Crippen MR) is 104 cm³/mol. The van der Waals surface area contributed by atoms with E-state index in [0.717, 1.165) is 5.56 Å². The fraction of sp³-hybridized carbons (Fsp3) is 0.190. The maximum atomic E-state index is 13.2. The summed E-state index contributed by atoms with van der Waals surface area (Å²) in [5.41, 5.74) is 1.18. The Morgan fingerprint density at radius 1 is 1.07 bits per heavy atom. The van der Waals surface area contributed by atoms with Gasteiger partial charge in [0.15, 0.2) is 11.6 Å². The average Bonchev–Trinajstić information content (AvgIpc) is 2.70. The van der Waals surface area contributed by atoms with Crippen molar-refractivity contribution in [3.63, 3.8) is 0 Å². The van der Waals surface area contributed by atoms with E-state index in [1.54, 1.807) is 19.2 Å². The number of aromatic nitrogens is 2. The summed E-state index contributed by atoms with van der Waals surface area (Å²) in [6.07, 6.45) is 0. The van der Waals surface area contributed by atoms with Gasteiger partial charge in [-0.05, 0) is 24.6 Å². The molecule has 3 rings (SSSR count). The van der Waals surface area contributed by atoms with Crippen molar-refractivity contribution in [3.05, 3.63) is 88.2 Å². The first-order valence-electron chi connectivity index (χ1n) is 8.72. The number of hydrogen-bond donors (Lipinski definition) is 0. The van der Waals surface area contributed by atoms with Crippen LogP contribution in [-0.4, -0.2) is 22.3 Å². The zero-order valence-corrected chi connectivity index (χ0v) is 15.3. The van der Waals surface area contributed by atoms with Gasteiger partial charge in [0.1, 0.15) is 0 Å². The van der Waals surface area contributed by atoms with Crippen molar-refractivity contribution >= 4 is 11.7 Å². The summed E-state index contributed by atoms with van der Waals surface area (Å²) in [5, 5.41) is 4.32. The molecule has 0 radical (unpaired) electrons. The largest absolute Gasteiger partial charge is 0.490 e. The van der Waals surface area contributed by atoms with E-state index in [9.17, 15) is 9.59 Å². The van der Waals surface area contributed by atoms with Gasteiger partial charge in [-0.1, -0.05) is 48.5 Å². The summed E-state index contributed by atoms with van der Waals surface area (Å²) >= 11 is 0. The highest BCUT2D eigenvalue weighted by Crippen LogP contribution is 2.27. The van der Waals surface area contributed by atoms with E-state index in [0.29, 0.717) is 30.3 Å². The number of anilines is 1. The van der Waals surface area contributed by atoms with E-state index in [1.807, 2.05) is 55.5 Å². The van der Waals surface area contributed by atoms with Crippen LogP contribution in [0.15, 0.2) is 71.5 Å². The molecule has 0 atom stereocenters. The lowest BCUT2D eigenvalue weighted by atomic mass is 10.1. The van der Waals surface area contributed by atoms with Crippen molar-refractivity contribution in [2.45, 2.75) is 13.5 Å². The van der Waals surface area contributed by atoms with Gasteiger partial charge < -0.3 is 4.74 Å². The quantitative estimate of drug-likeness (QED) is 0.675. The van der Waals surface area contributed by atoms with Gasteiger partial charge in [-0.15, -0.1) is 5.10 Å². The van der Waals surface area contributed by atoms with Crippen molar-refractivity contribution in [2.24, 2.45) is 7.05 Å². The van der Waals surface area contributed by atoms with Crippen LogP contribution in [0.25, 0.3) is 0 Å². The molecular formula is C21H21N3O3. The number of hydrogen-bond acceptors (Lipinski definition) is 4. The molecule has 0 bridgehead atoms. The monoisotopic (exact) mass is 363 g/mol. The lowest BCUT2D eigenvalue weighted by Crippen LogP contribution is -2.34. The Kier molecular flexibility index (Phi) is 5.66. The molecule has 1 amide bonds. The standard InChI is InChI=1S/C21H21N3O3/c1-3-27-18-14-19(25)23(2)22-20(18)24(15-16-10-6-4-7-11-16)21(26)17-12-8-5-9-13-17/h4-14H,3,15H2,1-2H3. The normalized spacial score (nSPS) is 10.4. The second kappa shape index (κ2) is 8.31. The first-order valence-corrected chi connectivity index (χ1v) is 8.72. The third-order valence-corrected chi connectivity index (χ3v) is 4.04. The van der Waals surface area contributed by atoms with Crippen LogP contribution in [-0.2, 0) is 13.6 Å². The fourth-order valence-electron chi connectivity index (χ4n) is 2.70. The Bertz CT molecular complexity index is 969. The minimum atomic E-state index is -0.297. The zero-order chi connectivity index (χ0) is 19.2. The SMILES string of the molecule is CCOc1cc(=O)n(C)nc1N(Cc1ccccc1)C(=O)c1ccccc1. The van der Waals surface area contributed by atoms with Crippen LogP contribution >= 0.6 is 0 Å². The Balaban J connectivity index is 2.11. The van der Waals surface area contributed by atoms with Gasteiger partial charge in [0.2, 0.25) is 0 Å². The first kappa shape index (κ1) is 18.4. The molecule has 0 fully saturated rings. The van der Waals surface area contributed by atoms with Crippen LogP contribution in [0.2, 0.25) is 0 Å². The summed E-state index contributed by atoms with van der Waals surface area (Å²) in [6.45, 7) is 2.49. The summed E-state index contributed by atoms with van der Waals surface area (Å²) in [5.74, 6) is 0.393. The summed E-state index contributed by atoms with van der Waals surface area (Å²) in [4.78, 5) is 26.8. The Morgan fingerprint density at radius 3 is 2.33 bits per heavy atom. The minimum Gasteiger partial charge on any atom is -0.490 e. The van der Waals surface area contributed by atoms with Crippen molar-refractivity contribution in [3.8, 4) is 5.75 Å². The maximum absolute atomic E-state index is 13.2. The number of benzene rings is 2. The molecule has 0 aliphatic carbocycles. The Morgan fingerprint density at radius 2 is 1.70 bits per heavy atom. The van der Waals surface area contributed by atoms with Crippen LogP contribution in [0.5, 0.6) is 5.75 Å². The molecule has 0 N–H and O–H groups in total. The number of carbonyl (C=O) groups is 1. The van der Waals surface area contributed by atoms with Crippen molar-refractivity contribution < 1.29 is 9.53 Å². The van der Waals surface area contributed by atoms with Crippen molar-refractivity contribution in [2.75, 3.05) is 11.5 Å². The maximum Gasteiger partial charge on any atom is 0.270 e. The van der Waals surface area contributed by atoms with Crippen LogP contribution in [0.4, 0.5) is 5.82 Å². The van der Waals surface area contributed by atoms with Gasteiger partial charge in [-0.2, -0.15) is 0 Å². The molecule has 0 spiro atoms. The number of carbonyl (C=O) groups excluding carboxylic acids is 1. The molecule has 0 aliphatic heterocycles. The van der Waals surface area contributed by atoms with Crippen LogP contribution in [0, 0.1) is 0 Å². The van der Waals surface area contributed by atoms with E-state index in [-0.39, 0.29) is 11.5 Å². The van der Waals surface area contributed by atoms with E-state index < -0.39 is 0 Å². The molecule has 0 saturated heterocycles. The number of aryl methyl sites for hydroxylation is 1. The summed E-state index contributed by atoms with van der Waals surface area (Å²) in [6, 6.07) is 20.0. The molecular weight excluding hydrogens is 342 g/mol. The molecule has 0 unspecified atom stereocenters. The second-order valence-corrected chi connectivity index (χ2v) is 5.97. The van der Waals surface area contributed by atoms with Crippen LogP contribution < -0.4 is 15.2 Å². The molecule has 2 aromatic carbocycles. The highest BCUT2D eigenvalue weighted by atomic mass is 16.5. The third-order valence-electron chi connectivity index (χ3n) is 4.04. The topological polar surface area (TPSA) is 64.4 Å². The van der Waals surface area contributed by atoms with Crippen molar-refractivity contribution in [1.82, 2.24) is 9.78 Å². The second-order valence-electron chi connectivity index (χ2n) is 5.97. The van der Waals surface area contributed by atoms with Gasteiger partial charge in [-0.25, -0.2) is 4.68 Å². The van der Waals surface area contributed by atoms with Gasteiger partial charge >= 0.3 is 0 Å². The van der Waals surface area contributed by atoms with Crippen LogP contribution in [0.1, 0.15) is 22.8 Å². The molecule has 27 heavy (non-hydrogen) atoms. The van der Waals surface area contributed by atoms with E-state index in [2.05, 4.69) is 5.10 Å². The Hall–Kier alpha value is -3.41. The average molecular weight is 363 g/mol. The van der Waals surface area contributed by atoms with Gasteiger partial charge in [0, 0.05) is 12.6 Å². The minimum absolute atomic E-state index is 0.216. The number of rotatable bonds is 6. The zero-order valence-electron chi connectivity index (χ0n) is 15.3. The molecule has 1 aromatic heterocycles. The lowest BCUT2D eigenvalue weighted by Gasteiger charge is -2.24. The van der Waals surface area contributed by atoms with Crippen molar-refractivity contribution in [1.29, 1.82) is 0 Å². The number of amides is 1. The van der Waals surface area contributed by atoms with Gasteiger partial charge in [0.05, 0.1) is 19.2 Å². The first-order chi connectivity index (χ1) is 13.1. The molecule has 6 nitrogen and oxygen atoms in total. The van der Waals surface area contributed by atoms with Crippen LogP contribution in [0.3, 0.4) is 0 Å². The molecule has 0 aliphatic rings. The fourth-order valence-corrected chi connectivity index (χ4v) is 2.70. The highest BCUT2D eigenvalue weighted by Gasteiger charge is 2.24. The summed E-state index contributed by atoms with van der Waals surface area (Å²) in [7, 11) is 1.55. The summed E-state index contributed by atoms with van der Waals surface area (Å²) < 4.78 is 6.81. The van der Waals surface area contributed by atoms with Gasteiger partial charge in [0.25, 0.3) is 11.5 Å². The molecule has 0 saturated carbocycles. The number of ether oxygens (including phenoxy) is 1. The van der Waals surface area contributed by atoms with Gasteiger partial charge in [-0.3, -0.25) is 14.5 Å². The smallest absolute Gasteiger partial charge is 0.270 e. The number of nitrogens with zero attached hydrogens (tertiary/aromatic N) is 3. The van der Waals surface area contributed by atoms with E-state index >= 15 is 0 Å². The lowest BCUT2D eigenvalue weighted by molar-refractivity contribution is 0.0983. The predicted octanol–water partition coefficient (Wildman–Crippen LogP) is 3.03. The van der Waals surface area contributed by atoms with E-state index in [1.165, 1.54) is 15.6 Å². The third kappa shape index (κ3) is 4.23. The van der Waals surface area contributed by atoms with E-state index in [4.69, 9.17) is 4.74 Å². The molecule has 138 valence electrons.